The topological polar surface area (TPSA) is 65.8 Å². The van der Waals surface area contributed by atoms with E-state index < -0.39 is 5.92 Å². The Morgan fingerprint density at radius 2 is 2.44 bits per heavy atom. The molecule has 0 spiro atoms. The van der Waals surface area contributed by atoms with E-state index in [4.69, 9.17) is 5.26 Å². The third kappa shape index (κ3) is 3.06. The summed E-state index contributed by atoms with van der Waals surface area (Å²) in [6.07, 6.45) is 4.66. The highest BCUT2D eigenvalue weighted by Gasteiger charge is 2.17. The highest BCUT2D eigenvalue weighted by Crippen LogP contribution is 2.14. The molecule has 1 unspecified atom stereocenters. The zero-order chi connectivity index (χ0) is 12.0. The highest BCUT2D eigenvalue weighted by molar-refractivity contribution is 5.94. The first-order chi connectivity index (χ1) is 7.69. The molecule has 1 amide bonds. The first-order valence-corrected chi connectivity index (χ1v) is 5.30. The molecule has 1 aromatic heterocycles. The van der Waals surface area contributed by atoms with Gasteiger partial charge in [-0.15, -0.1) is 0 Å². The molecule has 4 heteroatoms. The van der Waals surface area contributed by atoms with Crippen LogP contribution in [0.1, 0.15) is 25.3 Å². The fourth-order valence-corrected chi connectivity index (χ4v) is 1.36. The van der Waals surface area contributed by atoms with Gasteiger partial charge in [0.1, 0.15) is 5.92 Å². The molecule has 0 bridgehead atoms. The van der Waals surface area contributed by atoms with Crippen molar-refractivity contribution in [3.05, 3.63) is 24.0 Å². The molecule has 0 aliphatic heterocycles. The van der Waals surface area contributed by atoms with Crippen LogP contribution in [0.15, 0.2) is 18.5 Å². The Hall–Kier alpha value is -1.89. The average Bonchev–Trinajstić information content (AvgIpc) is 2.29. The van der Waals surface area contributed by atoms with E-state index in [0.29, 0.717) is 12.1 Å². The molecule has 0 aromatic carbocycles. The Balaban J connectivity index is 2.71. The van der Waals surface area contributed by atoms with Crippen molar-refractivity contribution in [1.29, 1.82) is 5.26 Å². The van der Waals surface area contributed by atoms with Crippen LogP contribution in [0, 0.1) is 24.2 Å². The van der Waals surface area contributed by atoms with Gasteiger partial charge >= 0.3 is 0 Å². The lowest BCUT2D eigenvalue weighted by atomic mass is 10.0. The molecular weight excluding hydrogens is 202 g/mol. The summed E-state index contributed by atoms with van der Waals surface area (Å²) in [6.45, 7) is 3.84. The molecule has 16 heavy (non-hydrogen) atoms. The minimum Gasteiger partial charge on any atom is -0.323 e. The SMILES string of the molecule is CCCC(C#N)C(=O)Nc1cnccc1C. The molecule has 1 rings (SSSR count). The third-order valence-electron chi connectivity index (χ3n) is 2.35. The molecule has 1 heterocycles. The number of nitrogens with one attached hydrogen (secondary N) is 1. The number of rotatable bonds is 4. The summed E-state index contributed by atoms with van der Waals surface area (Å²) in [5, 5.41) is 11.6. The second-order valence-electron chi connectivity index (χ2n) is 3.65. The Labute approximate surface area is 95.3 Å². The molecule has 0 radical (unpaired) electrons. The van der Waals surface area contributed by atoms with Crippen molar-refractivity contribution in [3.63, 3.8) is 0 Å². The molecule has 84 valence electrons. The van der Waals surface area contributed by atoms with Gasteiger partial charge in [-0.2, -0.15) is 5.26 Å². The number of carbonyl (C=O) groups is 1. The van der Waals surface area contributed by atoms with Crippen LogP contribution in [0.4, 0.5) is 5.69 Å². The number of hydrogen-bond acceptors (Lipinski definition) is 3. The summed E-state index contributed by atoms with van der Waals surface area (Å²) in [5.74, 6) is -0.829. The van der Waals surface area contributed by atoms with Crippen LogP contribution < -0.4 is 5.32 Å². The highest BCUT2D eigenvalue weighted by atomic mass is 16.1. The predicted molar refractivity (Wildman–Crippen MR) is 61.6 cm³/mol. The number of nitriles is 1. The Kier molecular flexibility index (Phi) is 4.46. The molecular formula is C12H15N3O. The minimum atomic E-state index is -0.579. The van der Waals surface area contributed by atoms with Gasteiger partial charge in [-0.05, 0) is 25.0 Å². The fourth-order valence-electron chi connectivity index (χ4n) is 1.36. The maximum absolute atomic E-state index is 11.7. The zero-order valence-electron chi connectivity index (χ0n) is 9.53. The van der Waals surface area contributed by atoms with Crippen LogP contribution in [0.5, 0.6) is 0 Å². The first kappa shape index (κ1) is 12.2. The van der Waals surface area contributed by atoms with Crippen LogP contribution in [-0.4, -0.2) is 10.9 Å². The van der Waals surface area contributed by atoms with E-state index in [-0.39, 0.29) is 5.91 Å². The number of carbonyl (C=O) groups excluding carboxylic acids is 1. The molecule has 4 nitrogen and oxygen atoms in total. The summed E-state index contributed by atoms with van der Waals surface area (Å²) < 4.78 is 0. The summed E-state index contributed by atoms with van der Waals surface area (Å²) in [7, 11) is 0. The number of hydrogen-bond donors (Lipinski definition) is 1. The molecule has 0 aliphatic rings. The summed E-state index contributed by atoms with van der Waals surface area (Å²) >= 11 is 0. The zero-order valence-corrected chi connectivity index (χ0v) is 9.53. The average molecular weight is 217 g/mol. The van der Waals surface area contributed by atoms with Crippen molar-refractivity contribution in [2.45, 2.75) is 26.7 Å². The lowest BCUT2D eigenvalue weighted by Crippen LogP contribution is -2.22. The first-order valence-electron chi connectivity index (χ1n) is 5.30. The smallest absolute Gasteiger partial charge is 0.241 e. The van der Waals surface area contributed by atoms with E-state index in [2.05, 4.69) is 10.3 Å². The van der Waals surface area contributed by atoms with Gasteiger partial charge in [0.05, 0.1) is 18.0 Å². The monoisotopic (exact) mass is 217 g/mol. The molecule has 0 fully saturated rings. The molecule has 1 atom stereocenters. The molecule has 1 N–H and O–H groups in total. The predicted octanol–water partition coefficient (Wildman–Crippen LogP) is 2.27. The van der Waals surface area contributed by atoms with Crippen LogP contribution in [-0.2, 0) is 4.79 Å². The van der Waals surface area contributed by atoms with Crippen molar-refractivity contribution in [1.82, 2.24) is 4.98 Å². The number of aryl methyl sites for hydroxylation is 1. The Morgan fingerprint density at radius 3 is 3.00 bits per heavy atom. The number of pyridine rings is 1. The molecule has 0 saturated heterocycles. The largest absolute Gasteiger partial charge is 0.323 e. The van der Waals surface area contributed by atoms with Crippen LogP contribution in [0.2, 0.25) is 0 Å². The van der Waals surface area contributed by atoms with Crippen molar-refractivity contribution in [2.24, 2.45) is 5.92 Å². The standard InChI is InChI=1S/C12H15N3O/c1-3-4-10(7-13)12(16)15-11-8-14-6-5-9(11)2/h5-6,8,10H,3-4H2,1-2H3,(H,15,16). The van der Waals surface area contributed by atoms with Crippen molar-refractivity contribution >= 4 is 11.6 Å². The van der Waals surface area contributed by atoms with Crippen molar-refractivity contribution in [3.8, 4) is 6.07 Å². The van der Waals surface area contributed by atoms with Gasteiger partial charge in [-0.1, -0.05) is 13.3 Å². The third-order valence-corrected chi connectivity index (χ3v) is 2.35. The van der Waals surface area contributed by atoms with Crippen molar-refractivity contribution < 1.29 is 4.79 Å². The van der Waals surface area contributed by atoms with Gasteiger partial charge in [0.25, 0.3) is 0 Å². The van der Waals surface area contributed by atoms with Crippen LogP contribution in [0.3, 0.4) is 0 Å². The van der Waals surface area contributed by atoms with E-state index >= 15 is 0 Å². The molecule has 1 aromatic rings. The van der Waals surface area contributed by atoms with E-state index in [0.717, 1.165) is 12.0 Å². The molecule has 0 aliphatic carbocycles. The number of anilines is 1. The van der Waals surface area contributed by atoms with Gasteiger partial charge in [0.15, 0.2) is 0 Å². The number of aromatic nitrogens is 1. The van der Waals surface area contributed by atoms with E-state index in [1.807, 2.05) is 26.0 Å². The second-order valence-corrected chi connectivity index (χ2v) is 3.65. The maximum Gasteiger partial charge on any atom is 0.241 e. The van der Waals surface area contributed by atoms with Gasteiger partial charge < -0.3 is 5.32 Å². The van der Waals surface area contributed by atoms with Gasteiger partial charge in [-0.25, -0.2) is 0 Å². The lowest BCUT2D eigenvalue weighted by molar-refractivity contribution is -0.118. The molecule has 0 saturated carbocycles. The fraction of sp³-hybridized carbons (Fsp3) is 0.417. The van der Waals surface area contributed by atoms with Gasteiger partial charge in [0, 0.05) is 6.20 Å². The summed E-state index contributed by atoms with van der Waals surface area (Å²) in [5.41, 5.74) is 1.61. The Morgan fingerprint density at radius 1 is 1.69 bits per heavy atom. The van der Waals surface area contributed by atoms with E-state index in [1.54, 1.807) is 12.4 Å². The summed E-state index contributed by atoms with van der Waals surface area (Å²) in [6, 6.07) is 3.83. The normalized spacial score (nSPS) is 11.6. The maximum atomic E-state index is 11.7. The van der Waals surface area contributed by atoms with Crippen molar-refractivity contribution in [2.75, 3.05) is 5.32 Å². The quantitative estimate of drug-likeness (QED) is 0.841. The van der Waals surface area contributed by atoms with E-state index in [1.165, 1.54) is 0 Å². The second kappa shape index (κ2) is 5.86. The number of nitrogens with zero attached hydrogens (tertiary/aromatic N) is 2. The number of amides is 1. The van der Waals surface area contributed by atoms with E-state index in [9.17, 15) is 4.79 Å². The lowest BCUT2D eigenvalue weighted by Gasteiger charge is -2.10. The van der Waals surface area contributed by atoms with Gasteiger partial charge in [0.2, 0.25) is 5.91 Å². The summed E-state index contributed by atoms with van der Waals surface area (Å²) in [4.78, 5) is 15.7. The van der Waals surface area contributed by atoms with Crippen LogP contribution in [0.25, 0.3) is 0 Å². The Bertz CT molecular complexity index is 409. The van der Waals surface area contributed by atoms with Crippen LogP contribution >= 0.6 is 0 Å². The van der Waals surface area contributed by atoms with Gasteiger partial charge in [-0.3, -0.25) is 9.78 Å². The minimum absolute atomic E-state index is 0.250.